The molecule has 6 nitrogen and oxygen atoms in total. The van der Waals surface area contributed by atoms with Gasteiger partial charge < -0.3 is 15.6 Å². The van der Waals surface area contributed by atoms with Crippen LogP contribution >= 0.6 is 0 Å². The van der Waals surface area contributed by atoms with Crippen LogP contribution in [-0.4, -0.2) is 29.9 Å². The molecule has 0 amide bonds. The summed E-state index contributed by atoms with van der Waals surface area (Å²) < 4.78 is 4.86. The van der Waals surface area contributed by atoms with Crippen LogP contribution in [0.1, 0.15) is 21.5 Å². The molecular weight excluding hydrogens is 282 g/mol. The monoisotopic (exact) mass is 297 g/mol. The fraction of sp³-hybridized carbons (Fsp3) is 0.0625. The van der Waals surface area contributed by atoms with Crippen LogP contribution in [0, 0.1) is 5.41 Å². The van der Waals surface area contributed by atoms with Crippen molar-refractivity contribution in [3.63, 3.8) is 0 Å². The number of methoxy groups -OCH3 is 1. The van der Waals surface area contributed by atoms with Crippen molar-refractivity contribution < 1.29 is 14.6 Å². The van der Waals surface area contributed by atoms with Gasteiger partial charge in [-0.2, -0.15) is 0 Å². The topological polar surface area (TPSA) is 109 Å². The Morgan fingerprint density at radius 3 is 2.23 bits per heavy atom. The Balaban J connectivity index is 0.000000160. The van der Waals surface area contributed by atoms with Crippen LogP contribution in [0.25, 0.3) is 0 Å². The van der Waals surface area contributed by atoms with Crippen LogP contribution in [0.15, 0.2) is 53.5 Å². The number of hydrogen-bond donors (Lipinski definition) is 3. The number of fused-ring (bicyclic) bond motifs is 1. The maximum absolute atomic E-state index is 10.4. The van der Waals surface area contributed by atoms with Crippen molar-refractivity contribution in [2.45, 2.75) is 0 Å². The molecule has 1 heterocycles. The molecule has 112 valence electrons. The van der Waals surface area contributed by atoms with Crippen molar-refractivity contribution >= 4 is 17.6 Å². The van der Waals surface area contributed by atoms with E-state index in [-0.39, 0.29) is 11.4 Å². The number of nitrogens with one attached hydrogen (secondary N) is 1. The number of nitrogens with zero attached hydrogens (tertiary/aromatic N) is 1. The van der Waals surface area contributed by atoms with Crippen LogP contribution in [0.5, 0.6) is 5.75 Å². The number of hydrogen-bond acceptors (Lipinski definition) is 4. The van der Waals surface area contributed by atoms with Crippen molar-refractivity contribution in [3.8, 4) is 5.75 Å². The van der Waals surface area contributed by atoms with Crippen LogP contribution in [0.4, 0.5) is 0 Å². The van der Waals surface area contributed by atoms with Crippen molar-refractivity contribution in [3.05, 3.63) is 65.2 Å². The Hall–Kier alpha value is -3.15. The maximum atomic E-state index is 10.4. The first kappa shape index (κ1) is 15.2. The predicted octanol–water partition coefficient (Wildman–Crippen LogP) is 2.12. The number of aromatic carboxylic acids is 1. The summed E-state index contributed by atoms with van der Waals surface area (Å²) >= 11 is 0. The van der Waals surface area contributed by atoms with E-state index in [2.05, 4.69) is 4.99 Å². The molecule has 0 aliphatic carbocycles. The van der Waals surface area contributed by atoms with E-state index in [1.165, 1.54) is 19.2 Å². The van der Waals surface area contributed by atoms with E-state index in [4.69, 9.17) is 21.0 Å². The quantitative estimate of drug-likeness (QED) is 0.788. The molecule has 0 spiro atoms. The van der Waals surface area contributed by atoms with Gasteiger partial charge in [0, 0.05) is 11.1 Å². The minimum Gasteiger partial charge on any atom is -0.497 e. The molecule has 0 atom stereocenters. The van der Waals surface area contributed by atoms with Crippen molar-refractivity contribution in [1.29, 1.82) is 5.41 Å². The van der Waals surface area contributed by atoms with E-state index in [1.54, 1.807) is 12.1 Å². The smallest absolute Gasteiger partial charge is 0.335 e. The standard InChI is InChI=1S/C8H7N3.C8H8O3/c9-7-5-3-1-2-4-6(5)8(10)11-7;1-11-7-4-2-6(3-5-7)8(9)10/h1-4H,(H3,9,10,11);2-5H,1H3,(H,9,10). The van der Waals surface area contributed by atoms with Gasteiger partial charge in [-0.05, 0) is 24.3 Å². The van der Waals surface area contributed by atoms with Crippen molar-refractivity contribution in [2.24, 2.45) is 10.7 Å². The molecule has 22 heavy (non-hydrogen) atoms. The Morgan fingerprint density at radius 2 is 1.73 bits per heavy atom. The molecule has 1 aliphatic rings. The van der Waals surface area contributed by atoms with Gasteiger partial charge in [0.1, 0.15) is 11.6 Å². The lowest BCUT2D eigenvalue weighted by Crippen LogP contribution is -2.09. The Morgan fingerprint density at radius 1 is 1.14 bits per heavy atom. The lowest BCUT2D eigenvalue weighted by atomic mass is 10.1. The van der Waals surface area contributed by atoms with E-state index in [0.29, 0.717) is 11.6 Å². The highest BCUT2D eigenvalue weighted by molar-refractivity contribution is 6.20. The molecule has 0 fully saturated rings. The largest absolute Gasteiger partial charge is 0.497 e. The number of carboxylic acids is 1. The SMILES string of the molecule is COc1ccc(C(=O)O)cc1.N=C1N=C(N)c2ccccc21. The highest BCUT2D eigenvalue weighted by atomic mass is 16.5. The molecule has 2 aromatic rings. The summed E-state index contributed by atoms with van der Waals surface area (Å²) in [5.74, 6) is 0.450. The summed E-state index contributed by atoms with van der Waals surface area (Å²) in [5, 5.41) is 15.9. The summed E-state index contributed by atoms with van der Waals surface area (Å²) in [5.41, 5.74) is 7.51. The van der Waals surface area contributed by atoms with Gasteiger partial charge in [0.2, 0.25) is 0 Å². The van der Waals surface area contributed by atoms with Gasteiger partial charge in [-0.3, -0.25) is 5.41 Å². The number of rotatable bonds is 2. The zero-order chi connectivity index (χ0) is 16.1. The number of nitrogens with two attached hydrogens (primary N) is 1. The van der Waals surface area contributed by atoms with Crippen LogP contribution < -0.4 is 10.5 Å². The van der Waals surface area contributed by atoms with Crippen molar-refractivity contribution in [2.75, 3.05) is 7.11 Å². The molecule has 0 saturated heterocycles. The Bertz CT molecular complexity index is 737. The second kappa shape index (κ2) is 6.53. The van der Waals surface area contributed by atoms with Crippen molar-refractivity contribution in [1.82, 2.24) is 0 Å². The second-order valence-corrected chi connectivity index (χ2v) is 4.42. The third-order valence-corrected chi connectivity index (χ3v) is 3.03. The number of amidine groups is 2. The number of aliphatic imine (C=N–C) groups is 1. The van der Waals surface area contributed by atoms with Gasteiger partial charge in [0.25, 0.3) is 0 Å². The van der Waals surface area contributed by atoms with E-state index in [1.807, 2.05) is 24.3 Å². The lowest BCUT2D eigenvalue weighted by molar-refractivity contribution is 0.0697. The molecule has 2 aromatic carbocycles. The van der Waals surface area contributed by atoms with Gasteiger partial charge in [-0.1, -0.05) is 24.3 Å². The molecule has 0 radical (unpaired) electrons. The molecule has 3 rings (SSSR count). The highest BCUT2D eigenvalue weighted by Crippen LogP contribution is 2.15. The van der Waals surface area contributed by atoms with Crippen LogP contribution in [0.3, 0.4) is 0 Å². The Kier molecular flexibility index (Phi) is 4.53. The molecule has 0 aromatic heterocycles. The Labute approximate surface area is 127 Å². The predicted molar refractivity (Wildman–Crippen MR) is 83.9 cm³/mol. The zero-order valence-corrected chi connectivity index (χ0v) is 11.9. The van der Waals surface area contributed by atoms with Gasteiger partial charge in [-0.15, -0.1) is 0 Å². The minimum atomic E-state index is -0.923. The van der Waals surface area contributed by atoms with Gasteiger partial charge >= 0.3 is 5.97 Å². The molecule has 0 saturated carbocycles. The third-order valence-electron chi connectivity index (χ3n) is 3.03. The first-order valence-corrected chi connectivity index (χ1v) is 6.42. The molecular formula is C16H15N3O3. The van der Waals surface area contributed by atoms with Gasteiger partial charge in [0.05, 0.1) is 12.7 Å². The number of carboxylic acid groups (broad SMARTS) is 1. The highest BCUT2D eigenvalue weighted by Gasteiger charge is 2.16. The molecule has 4 N–H and O–H groups in total. The zero-order valence-electron chi connectivity index (χ0n) is 11.9. The van der Waals surface area contributed by atoms with Gasteiger partial charge in [0.15, 0.2) is 5.84 Å². The summed E-state index contributed by atoms with van der Waals surface area (Å²) in [6, 6.07) is 13.7. The second-order valence-electron chi connectivity index (χ2n) is 4.42. The summed E-state index contributed by atoms with van der Waals surface area (Å²) in [6.45, 7) is 0. The average molecular weight is 297 g/mol. The first-order chi connectivity index (χ1) is 10.5. The summed E-state index contributed by atoms with van der Waals surface area (Å²) in [6.07, 6.45) is 0. The minimum absolute atomic E-state index is 0.262. The first-order valence-electron chi connectivity index (χ1n) is 6.42. The summed E-state index contributed by atoms with van der Waals surface area (Å²) in [4.78, 5) is 14.2. The number of ether oxygens (including phenoxy) is 1. The maximum Gasteiger partial charge on any atom is 0.335 e. The van der Waals surface area contributed by atoms with Gasteiger partial charge in [-0.25, -0.2) is 9.79 Å². The number of benzene rings is 2. The molecule has 0 bridgehead atoms. The lowest BCUT2D eigenvalue weighted by Gasteiger charge is -1.98. The fourth-order valence-electron chi connectivity index (χ4n) is 1.89. The van der Waals surface area contributed by atoms with E-state index in [0.717, 1.165) is 11.1 Å². The summed E-state index contributed by atoms with van der Waals surface area (Å²) in [7, 11) is 1.54. The number of carbonyl (C=O) groups is 1. The molecule has 0 unspecified atom stereocenters. The third kappa shape index (κ3) is 3.29. The molecule has 6 heteroatoms. The van der Waals surface area contributed by atoms with Crippen LogP contribution in [0.2, 0.25) is 0 Å². The average Bonchev–Trinajstić information content (AvgIpc) is 2.83. The molecule has 1 aliphatic heterocycles. The van der Waals surface area contributed by atoms with E-state index >= 15 is 0 Å². The fourth-order valence-corrected chi connectivity index (χ4v) is 1.89. The van der Waals surface area contributed by atoms with Crippen LogP contribution in [-0.2, 0) is 0 Å². The normalized spacial score (nSPS) is 11.9. The van der Waals surface area contributed by atoms with E-state index in [9.17, 15) is 4.79 Å². The van der Waals surface area contributed by atoms with E-state index < -0.39 is 5.97 Å².